The van der Waals surface area contributed by atoms with Crippen molar-refractivity contribution in [2.24, 2.45) is 0 Å². The first-order valence-electron chi connectivity index (χ1n) is 9.32. The molecular weight excluding hydrogens is 631 g/mol. The molecular formula is C21H30FmN3O5-. The Labute approximate surface area is 171 Å². The van der Waals surface area contributed by atoms with Gasteiger partial charge in [-0.05, 0) is 39.2 Å². The Morgan fingerprint density at radius 3 is 2.23 bits per heavy atom. The second-order valence-corrected chi connectivity index (χ2v) is 7.10. The molecule has 0 bridgehead atoms. The standard InChI is InChI=1S/C13H20N3O5.C8H10.Fm/c1-13(2,3)21-12(20)10(5-4-9(18)6-14)16-11(19)7-15-8-17;1-2-8-6-4-3-5-7-8;/h6,10,14H,4-5,7H2,1-3H3,(H,15,17)(H,16,19);3-7H,2H2,1H3;/q-1;;. The number of Topliss-reactive ketones (excluding diaryl/α,β-unsaturated/α-hetero) is 1. The van der Waals surface area contributed by atoms with Crippen molar-refractivity contribution in [2.75, 3.05) is 6.54 Å². The molecule has 30 heavy (non-hydrogen) atoms. The van der Waals surface area contributed by atoms with Gasteiger partial charge in [0.05, 0.1) is 12.8 Å². The minimum atomic E-state index is -1.02. The van der Waals surface area contributed by atoms with Crippen LogP contribution >= 0.6 is 0 Å². The van der Waals surface area contributed by atoms with Gasteiger partial charge in [0.15, 0.2) is 5.78 Å². The molecule has 1 aromatic carbocycles. The van der Waals surface area contributed by atoms with E-state index in [9.17, 15) is 19.2 Å². The van der Waals surface area contributed by atoms with Crippen molar-refractivity contribution in [1.82, 2.24) is 10.6 Å². The Bertz CT molecular complexity index is 675. The third-order valence-electron chi connectivity index (χ3n) is 3.44. The first-order chi connectivity index (χ1) is 13.6. The van der Waals surface area contributed by atoms with Gasteiger partial charge in [-0.2, -0.15) is 6.41 Å². The number of aryl methyl sites for hydroxylation is 1. The summed E-state index contributed by atoms with van der Waals surface area (Å²) >= 11 is 0. The van der Waals surface area contributed by atoms with Crippen molar-refractivity contribution in [3.8, 4) is 0 Å². The third kappa shape index (κ3) is 14.1. The summed E-state index contributed by atoms with van der Waals surface area (Å²) in [7, 11) is 0. The number of ketones is 1. The third-order valence-corrected chi connectivity index (χ3v) is 3.44. The van der Waals surface area contributed by atoms with E-state index in [0.29, 0.717) is 6.21 Å². The van der Waals surface area contributed by atoms with Gasteiger partial charge >= 0.3 is 5.97 Å². The number of hydrogen-bond acceptors (Lipinski definition) is 6. The molecule has 0 aliphatic carbocycles. The molecule has 0 aromatic heterocycles. The number of amides is 2. The van der Waals surface area contributed by atoms with E-state index in [4.69, 9.17) is 10.1 Å². The second-order valence-electron chi connectivity index (χ2n) is 7.10. The molecule has 3 N–H and O–H groups in total. The van der Waals surface area contributed by atoms with Gasteiger partial charge in [-0.15, -0.1) is 0 Å². The van der Waals surface area contributed by atoms with Gasteiger partial charge in [-0.25, -0.2) is 4.79 Å². The molecule has 0 saturated heterocycles. The number of hydrogen-bond donors (Lipinski definition) is 3. The summed E-state index contributed by atoms with van der Waals surface area (Å²) in [6.45, 7) is 6.86. The van der Waals surface area contributed by atoms with Gasteiger partial charge in [-0.1, -0.05) is 37.3 Å². The molecule has 0 saturated carbocycles. The minimum absolute atomic E-state index is 0. The first kappa shape index (κ1) is 28.2. The number of nitrogens with one attached hydrogen (secondary N) is 3. The van der Waals surface area contributed by atoms with Crippen LogP contribution in [0.1, 0.15) is 46.1 Å². The number of ether oxygens (including phenoxy) is 1. The smallest absolute Gasteiger partial charge is 0.329 e. The molecule has 0 aliphatic rings. The van der Waals surface area contributed by atoms with Crippen molar-refractivity contribution in [1.29, 1.82) is 5.41 Å². The second kappa shape index (κ2) is 15.0. The summed E-state index contributed by atoms with van der Waals surface area (Å²) in [6.07, 6.45) is 3.07. The Balaban J connectivity index is 0. The molecule has 1 unspecified atom stereocenters. The van der Waals surface area contributed by atoms with E-state index in [-0.39, 0.29) is 19.4 Å². The zero-order chi connectivity index (χ0) is 22.3. The summed E-state index contributed by atoms with van der Waals surface area (Å²) in [5.41, 5.74) is 0.674. The number of rotatable bonds is 10. The van der Waals surface area contributed by atoms with Crippen LogP contribution in [0.25, 0.3) is 0 Å². The minimum Gasteiger partial charge on any atom is -0.522 e. The van der Waals surface area contributed by atoms with Crippen LogP contribution in [0.2, 0.25) is 0 Å². The van der Waals surface area contributed by atoms with E-state index in [1.807, 2.05) is 11.4 Å². The number of carbonyl (C=O) groups excluding carboxylic acids is 4. The van der Waals surface area contributed by atoms with E-state index in [2.05, 4.69) is 36.5 Å². The summed E-state index contributed by atoms with van der Waals surface area (Å²) in [6, 6.07) is 9.44. The molecule has 0 fully saturated rings. The zero-order valence-corrected chi connectivity index (χ0v) is 20.1. The van der Waals surface area contributed by atoms with Crippen LogP contribution in [0.3, 0.4) is 0 Å². The Morgan fingerprint density at radius 1 is 1.20 bits per heavy atom. The van der Waals surface area contributed by atoms with Gasteiger partial charge in [0.2, 0.25) is 5.91 Å². The fourth-order valence-corrected chi connectivity index (χ4v) is 2.06. The number of benzene rings is 1. The largest absolute Gasteiger partial charge is 0.522 e. The maximum atomic E-state index is 12.0. The SMILES string of the molecule is CC(C)(C)OC(=O)C(CCC(=O)C=N)NC(=O)CN[C-]=O.CCc1ccccc1.[Fm]. The van der Waals surface area contributed by atoms with Crippen LogP contribution in [-0.2, 0) is 30.3 Å². The van der Waals surface area contributed by atoms with Crippen LogP contribution in [0.15, 0.2) is 30.3 Å². The fourth-order valence-electron chi connectivity index (χ4n) is 2.06. The zero-order valence-electron chi connectivity index (χ0n) is 17.7. The molecule has 0 radical (unpaired) electrons. The van der Waals surface area contributed by atoms with Crippen molar-refractivity contribution < 1.29 is 23.9 Å². The molecule has 1 aromatic rings. The van der Waals surface area contributed by atoms with E-state index in [1.54, 1.807) is 20.8 Å². The van der Waals surface area contributed by atoms with E-state index in [0.717, 1.165) is 6.42 Å². The van der Waals surface area contributed by atoms with Gasteiger partial charge < -0.3 is 25.6 Å². The molecule has 9 heteroatoms. The topological polar surface area (TPSA) is 125 Å². The fraction of sp³-hybridized carbons (Fsp3) is 0.476. The molecule has 1 rings (SSSR count). The van der Waals surface area contributed by atoms with Crippen molar-refractivity contribution in [3.05, 3.63) is 35.9 Å². The molecule has 0 spiro atoms. The Morgan fingerprint density at radius 2 is 1.80 bits per heavy atom. The van der Waals surface area contributed by atoms with E-state index >= 15 is 0 Å². The van der Waals surface area contributed by atoms with E-state index in [1.165, 1.54) is 12.0 Å². The maximum Gasteiger partial charge on any atom is 0.329 e. The predicted molar refractivity (Wildman–Crippen MR) is 110 cm³/mol. The van der Waals surface area contributed by atoms with Gasteiger partial charge in [-0.3, -0.25) is 9.59 Å². The molecule has 172 valence electrons. The monoisotopic (exact) mass is 661 g/mol. The first-order valence-corrected chi connectivity index (χ1v) is 9.32. The summed E-state index contributed by atoms with van der Waals surface area (Å²) in [4.78, 5) is 44.6. The number of carbonyl (C=O) groups is 3. The van der Waals surface area contributed by atoms with Gasteiger partial charge in [0.1, 0.15) is 11.6 Å². The van der Waals surface area contributed by atoms with Crippen molar-refractivity contribution in [2.45, 2.75) is 58.6 Å². The number of esters is 1. The van der Waals surface area contributed by atoms with Crippen molar-refractivity contribution >= 4 is 30.3 Å². The Kier molecular flexibility index (Phi) is 14.1. The summed E-state index contributed by atoms with van der Waals surface area (Å²) < 4.78 is 5.15. The van der Waals surface area contributed by atoms with E-state index < -0.39 is 29.3 Å². The normalized spacial score (nSPS) is 10.8. The van der Waals surface area contributed by atoms with Gasteiger partial charge in [0, 0.05) is 6.42 Å². The van der Waals surface area contributed by atoms with Crippen molar-refractivity contribution in [3.63, 3.8) is 0 Å². The predicted octanol–water partition coefficient (Wildman–Crippen LogP) is 1.72. The molecule has 0 heterocycles. The maximum absolute atomic E-state index is 12.0. The average Bonchev–Trinajstić information content (AvgIpc) is 2.68. The summed E-state index contributed by atoms with van der Waals surface area (Å²) in [5.74, 6) is -1.74. The van der Waals surface area contributed by atoms with Crippen LogP contribution in [0.5, 0.6) is 0 Å². The molecule has 0 aliphatic heterocycles. The summed E-state index contributed by atoms with van der Waals surface area (Å²) in [5, 5.41) is 11.2. The van der Waals surface area contributed by atoms with Crippen LogP contribution < -0.4 is 10.6 Å². The van der Waals surface area contributed by atoms with Crippen LogP contribution in [0.4, 0.5) is 0 Å². The van der Waals surface area contributed by atoms with Gasteiger partial charge in [0.25, 0.3) is 0 Å². The Hall–Kier alpha value is -4.03. The molecule has 2 amide bonds. The average molecular weight is 661 g/mol. The van der Waals surface area contributed by atoms with Crippen LogP contribution in [-0.4, -0.2) is 48.5 Å². The molecule has 1 atom stereocenters. The van der Waals surface area contributed by atoms with Crippen LogP contribution in [0, 0.1) is 5.41 Å². The molecule has 8 nitrogen and oxygen atoms in total. The quantitative estimate of drug-likeness (QED) is 0.153.